The first-order valence-corrected chi connectivity index (χ1v) is 4.84. The third-order valence-electron chi connectivity index (χ3n) is 2.02. The zero-order chi connectivity index (χ0) is 11.0. The maximum atomic E-state index is 11.6. The second-order valence-electron chi connectivity index (χ2n) is 3.49. The largest absolute Gasteiger partial charge is 0.327 e. The number of pyridine rings is 1. The highest BCUT2D eigenvalue weighted by atomic mass is 35.5. The van der Waals surface area contributed by atoms with Gasteiger partial charge in [0.1, 0.15) is 0 Å². The van der Waals surface area contributed by atoms with Crippen LogP contribution in [0.3, 0.4) is 0 Å². The van der Waals surface area contributed by atoms with E-state index in [1.165, 1.54) is 6.20 Å². The van der Waals surface area contributed by atoms with Gasteiger partial charge in [-0.05, 0) is 13.0 Å². The zero-order valence-electron chi connectivity index (χ0n) is 8.25. The van der Waals surface area contributed by atoms with Crippen LogP contribution in [0.4, 0.5) is 0 Å². The summed E-state index contributed by atoms with van der Waals surface area (Å²) in [5.74, 6) is 0. The van der Waals surface area contributed by atoms with Gasteiger partial charge >= 0.3 is 5.69 Å². The van der Waals surface area contributed by atoms with Crippen LogP contribution in [0.5, 0.6) is 0 Å². The second kappa shape index (κ2) is 3.55. The highest BCUT2D eigenvalue weighted by Gasteiger charge is 2.07. The van der Waals surface area contributed by atoms with E-state index in [0.29, 0.717) is 22.7 Å². The lowest BCUT2D eigenvalue weighted by molar-refractivity contribution is 0.775. The molecule has 0 atom stereocenters. The van der Waals surface area contributed by atoms with Crippen molar-refractivity contribution in [2.45, 2.75) is 13.5 Å². The summed E-state index contributed by atoms with van der Waals surface area (Å²) in [6.07, 6.45) is 1.50. The Kier molecular flexibility index (Phi) is 2.36. The van der Waals surface area contributed by atoms with Gasteiger partial charge in [-0.15, -0.1) is 0 Å². The van der Waals surface area contributed by atoms with E-state index in [9.17, 15) is 4.79 Å². The molecular weight excluding hydrogens is 214 g/mol. The van der Waals surface area contributed by atoms with Crippen LogP contribution in [0, 0.1) is 0 Å². The Labute approximate surface area is 91.2 Å². The Morgan fingerprint density at radius 1 is 1.73 bits per heavy atom. The van der Waals surface area contributed by atoms with Gasteiger partial charge in [-0.3, -0.25) is 9.55 Å². The number of aromatic nitrogens is 3. The van der Waals surface area contributed by atoms with Gasteiger partial charge in [-0.1, -0.05) is 23.8 Å². The highest BCUT2D eigenvalue weighted by molar-refractivity contribution is 6.31. The average Bonchev–Trinajstić information content (AvgIpc) is 2.43. The molecule has 0 bridgehead atoms. The second-order valence-corrected chi connectivity index (χ2v) is 3.93. The normalized spacial score (nSPS) is 10.8. The molecule has 2 heterocycles. The first-order valence-electron chi connectivity index (χ1n) is 4.46. The SMILES string of the molecule is C=C(C)Cn1c(=O)[nH]c2ncc(Cl)cc21. The number of nitrogens with zero attached hydrogens (tertiary/aromatic N) is 2. The van der Waals surface area contributed by atoms with Crippen LogP contribution in [0.1, 0.15) is 6.92 Å². The number of hydrogen-bond donors (Lipinski definition) is 1. The number of imidazole rings is 1. The number of hydrogen-bond acceptors (Lipinski definition) is 2. The minimum Gasteiger partial charge on any atom is -0.290 e. The van der Waals surface area contributed by atoms with E-state index in [4.69, 9.17) is 11.6 Å². The molecule has 0 aliphatic rings. The summed E-state index contributed by atoms with van der Waals surface area (Å²) in [6, 6.07) is 1.71. The van der Waals surface area contributed by atoms with Crippen LogP contribution in [0.25, 0.3) is 11.2 Å². The first kappa shape index (κ1) is 9.98. The van der Waals surface area contributed by atoms with Gasteiger partial charge in [0.05, 0.1) is 10.5 Å². The molecule has 0 unspecified atom stereocenters. The summed E-state index contributed by atoms with van der Waals surface area (Å²) >= 11 is 5.82. The molecule has 2 rings (SSSR count). The maximum absolute atomic E-state index is 11.6. The van der Waals surface area contributed by atoms with Crippen molar-refractivity contribution in [1.82, 2.24) is 14.5 Å². The van der Waals surface area contributed by atoms with Gasteiger partial charge in [-0.2, -0.15) is 0 Å². The summed E-state index contributed by atoms with van der Waals surface area (Å²) in [5, 5.41) is 0.511. The number of aromatic amines is 1. The number of nitrogens with one attached hydrogen (secondary N) is 1. The van der Waals surface area contributed by atoms with Crippen molar-refractivity contribution in [3.8, 4) is 0 Å². The van der Waals surface area contributed by atoms with E-state index in [1.54, 1.807) is 10.6 Å². The Hall–Kier alpha value is -1.55. The molecule has 0 saturated heterocycles. The van der Waals surface area contributed by atoms with Crippen molar-refractivity contribution in [3.05, 3.63) is 39.9 Å². The molecule has 15 heavy (non-hydrogen) atoms. The van der Waals surface area contributed by atoms with Crippen LogP contribution in [0.15, 0.2) is 29.2 Å². The fraction of sp³-hybridized carbons (Fsp3) is 0.200. The van der Waals surface area contributed by atoms with Crippen LogP contribution >= 0.6 is 11.6 Å². The van der Waals surface area contributed by atoms with Crippen molar-refractivity contribution in [1.29, 1.82) is 0 Å². The third-order valence-corrected chi connectivity index (χ3v) is 2.23. The van der Waals surface area contributed by atoms with Crippen molar-refractivity contribution in [3.63, 3.8) is 0 Å². The molecule has 0 spiro atoms. The highest BCUT2D eigenvalue weighted by Crippen LogP contribution is 2.14. The maximum Gasteiger partial charge on any atom is 0.327 e. The number of H-pyrrole nitrogens is 1. The van der Waals surface area contributed by atoms with Crippen molar-refractivity contribution in [2.75, 3.05) is 0 Å². The standard InChI is InChI=1S/C10H10ClN3O/c1-6(2)5-14-8-3-7(11)4-12-9(8)13-10(14)15/h3-4H,1,5H2,2H3,(H,12,13,15). The molecule has 0 radical (unpaired) electrons. The molecule has 0 aliphatic carbocycles. The Bertz CT molecular complexity index is 582. The molecule has 1 N–H and O–H groups in total. The van der Waals surface area contributed by atoms with Gasteiger partial charge in [0, 0.05) is 12.7 Å². The van der Waals surface area contributed by atoms with Crippen molar-refractivity contribution in [2.24, 2.45) is 0 Å². The number of rotatable bonds is 2. The molecule has 2 aromatic heterocycles. The summed E-state index contributed by atoms with van der Waals surface area (Å²) in [7, 11) is 0. The summed E-state index contributed by atoms with van der Waals surface area (Å²) < 4.78 is 1.57. The average molecular weight is 224 g/mol. The smallest absolute Gasteiger partial charge is 0.290 e. The Morgan fingerprint density at radius 2 is 2.47 bits per heavy atom. The van der Waals surface area contributed by atoms with Gasteiger partial charge < -0.3 is 0 Å². The Morgan fingerprint density at radius 3 is 3.13 bits per heavy atom. The fourth-order valence-corrected chi connectivity index (χ4v) is 1.59. The van der Waals surface area contributed by atoms with E-state index in [0.717, 1.165) is 5.57 Å². The van der Waals surface area contributed by atoms with Crippen LogP contribution in [-0.2, 0) is 6.54 Å². The van der Waals surface area contributed by atoms with E-state index in [2.05, 4.69) is 16.5 Å². The van der Waals surface area contributed by atoms with Gasteiger partial charge in [-0.25, -0.2) is 9.78 Å². The van der Waals surface area contributed by atoms with E-state index in [1.807, 2.05) is 6.92 Å². The Balaban J connectivity index is 2.70. The molecule has 0 saturated carbocycles. The summed E-state index contributed by atoms with van der Waals surface area (Å²) in [4.78, 5) is 18.3. The molecule has 0 aliphatic heterocycles. The van der Waals surface area contributed by atoms with Crippen molar-refractivity contribution < 1.29 is 0 Å². The quantitative estimate of drug-likeness (QED) is 0.792. The summed E-state index contributed by atoms with van der Waals surface area (Å²) in [6.45, 7) is 6.11. The lowest BCUT2D eigenvalue weighted by Crippen LogP contribution is -2.16. The van der Waals surface area contributed by atoms with Crippen molar-refractivity contribution >= 4 is 22.8 Å². The molecular formula is C10H10ClN3O. The van der Waals surface area contributed by atoms with E-state index in [-0.39, 0.29) is 5.69 Å². The van der Waals surface area contributed by atoms with Gasteiger partial charge in [0.15, 0.2) is 5.65 Å². The molecule has 78 valence electrons. The van der Waals surface area contributed by atoms with Crippen LogP contribution < -0.4 is 5.69 Å². The molecule has 0 fully saturated rings. The first-order chi connectivity index (χ1) is 7.08. The molecule has 2 aromatic rings. The molecule has 0 amide bonds. The minimum atomic E-state index is -0.192. The van der Waals surface area contributed by atoms with Gasteiger partial charge in [0.2, 0.25) is 0 Å². The number of fused-ring (bicyclic) bond motifs is 1. The predicted octanol–water partition coefficient (Wildman–Crippen LogP) is 1.95. The lowest BCUT2D eigenvalue weighted by Gasteiger charge is -2.01. The fourth-order valence-electron chi connectivity index (χ4n) is 1.44. The van der Waals surface area contributed by atoms with E-state index >= 15 is 0 Å². The van der Waals surface area contributed by atoms with E-state index < -0.39 is 0 Å². The van der Waals surface area contributed by atoms with Crippen LogP contribution in [0.2, 0.25) is 5.02 Å². The monoisotopic (exact) mass is 223 g/mol. The lowest BCUT2D eigenvalue weighted by atomic mass is 10.3. The van der Waals surface area contributed by atoms with Gasteiger partial charge in [0.25, 0.3) is 0 Å². The molecule has 0 aromatic carbocycles. The minimum absolute atomic E-state index is 0.192. The number of halogens is 1. The van der Waals surface area contributed by atoms with Crippen LogP contribution in [-0.4, -0.2) is 14.5 Å². The predicted molar refractivity (Wildman–Crippen MR) is 60.2 cm³/mol. The summed E-state index contributed by atoms with van der Waals surface area (Å²) in [5.41, 5.74) is 1.96. The third kappa shape index (κ3) is 1.80. The zero-order valence-corrected chi connectivity index (χ0v) is 9.01. The number of allylic oxidation sites excluding steroid dienone is 1. The molecule has 4 nitrogen and oxygen atoms in total. The molecule has 5 heteroatoms. The topological polar surface area (TPSA) is 50.7 Å².